The van der Waals surface area contributed by atoms with Crippen LogP contribution in [0.3, 0.4) is 0 Å². The highest BCUT2D eigenvalue weighted by atomic mass is 16.6. The number of amides is 3. The van der Waals surface area contributed by atoms with Crippen LogP contribution in [0, 0.1) is 29.1 Å². The van der Waals surface area contributed by atoms with Gasteiger partial charge in [-0.05, 0) is 80.2 Å². The highest BCUT2D eigenvalue weighted by Crippen LogP contribution is 2.65. The summed E-state index contributed by atoms with van der Waals surface area (Å²) in [5.74, 6) is -3.95. The summed E-state index contributed by atoms with van der Waals surface area (Å²) in [6.45, 7) is 13.3. The van der Waals surface area contributed by atoms with Crippen LogP contribution in [0.15, 0.2) is 24.3 Å². The molecule has 1 aromatic carbocycles. The molecular weight excluding hydrogens is 526 g/mol. The maximum Gasteiger partial charge on any atom is 0.408 e. The second kappa shape index (κ2) is 11.1. The number of carboxylic acid groups (broad SMARTS) is 1. The standard InChI is InChI=1S/C31H43N3O7/c1-16(2)12-21(25(35)28(38)39)32-26(36)24-22-20(31(22,6)7)15-34(24)27(37)23(33-29(40)41-30(3,4)5)19-13-17-10-8-9-11-18(17)14-19/h8-11,16,19-24H,12-15H2,1-7H3,(H,32,36)(H,33,40)(H,38,39)/t20-,21?,22-,23?,24-/m0/s1. The molecule has 3 aliphatic rings. The summed E-state index contributed by atoms with van der Waals surface area (Å²) in [5.41, 5.74) is 1.27. The lowest BCUT2D eigenvalue weighted by Gasteiger charge is -2.35. The lowest BCUT2D eigenvalue weighted by Crippen LogP contribution is -2.59. The minimum Gasteiger partial charge on any atom is -0.475 e. The molecule has 1 saturated carbocycles. The Hall–Kier alpha value is -3.43. The Balaban J connectivity index is 1.61. The number of aliphatic carboxylic acids is 1. The predicted octanol–water partition coefficient (Wildman–Crippen LogP) is 2.96. The molecule has 1 saturated heterocycles. The van der Waals surface area contributed by atoms with Crippen molar-refractivity contribution in [3.63, 3.8) is 0 Å². The van der Waals surface area contributed by atoms with E-state index in [-0.39, 0.29) is 41.4 Å². The van der Waals surface area contributed by atoms with E-state index >= 15 is 0 Å². The Morgan fingerprint density at radius 3 is 2.15 bits per heavy atom. The smallest absolute Gasteiger partial charge is 0.408 e. The number of carboxylic acids is 1. The van der Waals surface area contributed by atoms with Gasteiger partial charge in [-0.15, -0.1) is 0 Å². The third-order valence-corrected chi connectivity index (χ3v) is 8.80. The van der Waals surface area contributed by atoms with Crippen LogP contribution in [0.25, 0.3) is 0 Å². The first-order valence-electron chi connectivity index (χ1n) is 14.5. The number of hydrogen-bond donors (Lipinski definition) is 3. The normalized spacial score (nSPS) is 24.2. The first-order valence-corrected chi connectivity index (χ1v) is 14.5. The molecule has 3 amide bonds. The van der Waals surface area contributed by atoms with E-state index in [9.17, 15) is 29.1 Å². The monoisotopic (exact) mass is 569 g/mol. The number of piperidine rings is 1. The van der Waals surface area contributed by atoms with Gasteiger partial charge in [0.2, 0.25) is 11.8 Å². The van der Waals surface area contributed by atoms with Crippen molar-refractivity contribution in [2.45, 2.75) is 91.5 Å². The SMILES string of the molecule is CC(C)CC(NC(=O)[C@@H]1[C@@H]2[C@H](CN1C(=O)C(NC(=O)OC(C)(C)C)C1Cc3ccccc3C1)C2(C)C)C(=O)C(=O)O. The molecule has 0 aromatic heterocycles. The molecule has 10 heteroatoms. The third kappa shape index (κ3) is 6.41. The summed E-state index contributed by atoms with van der Waals surface area (Å²) in [4.78, 5) is 66.4. The number of nitrogens with one attached hydrogen (secondary N) is 2. The van der Waals surface area contributed by atoms with Crippen molar-refractivity contribution < 1.29 is 33.8 Å². The number of fused-ring (bicyclic) bond motifs is 2. The number of hydrogen-bond acceptors (Lipinski definition) is 6. The number of carbonyl (C=O) groups excluding carboxylic acids is 4. The maximum absolute atomic E-state index is 14.3. The van der Waals surface area contributed by atoms with Gasteiger partial charge >= 0.3 is 12.1 Å². The van der Waals surface area contributed by atoms with E-state index in [1.165, 1.54) is 4.90 Å². The number of rotatable bonds is 9. The number of nitrogens with zero attached hydrogens (tertiary/aromatic N) is 1. The van der Waals surface area contributed by atoms with E-state index in [4.69, 9.17) is 4.74 Å². The number of Topliss-reactive ketones (excluding diaryl/α,β-unsaturated/α-hetero) is 1. The third-order valence-electron chi connectivity index (χ3n) is 8.80. The molecule has 2 unspecified atom stereocenters. The molecule has 5 atom stereocenters. The molecule has 4 rings (SSSR count). The average Bonchev–Trinajstić information content (AvgIpc) is 3.24. The molecule has 41 heavy (non-hydrogen) atoms. The molecule has 2 fully saturated rings. The molecule has 224 valence electrons. The highest BCUT2D eigenvalue weighted by Gasteiger charge is 2.69. The lowest BCUT2D eigenvalue weighted by atomic mass is 9.93. The number of ether oxygens (including phenoxy) is 1. The van der Waals surface area contributed by atoms with Gasteiger partial charge in [-0.25, -0.2) is 9.59 Å². The van der Waals surface area contributed by atoms with Crippen molar-refractivity contribution in [2.75, 3.05) is 6.54 Å². The topological polar surface area (TPSA) is 142 Å². The fourth-order valence-electron chi connectivity index (χ4n) is 6.75. The van der Waals surface area contributed by atoms with Crippen molar-refractivity contribution in [2.24, 2.45) is 29.1 Å². The van der Waals surface area contributed by atoms with Crippen molar-refractivity contribution in [3.8, 4) is 0 Å². The maximum atomic E-state index is 14.3. The Morgan fingerprint density at radius 1 is 1.05 bits per heavy atom. The number of carbonyl (C=O) groups is 5. The Kier molecular flexibility index (Phi) is 8.26. The minimum atomic E-state index is -1.61. The van der Waals surface area contributed by atoms with Crippen molar-refractivity contribution in [1.29, 1.82) is 0 Å². The summed E-state index contributed by atoms with van der Waals surface area (Å²) in [5, 5.41) is 14.8. The Morgan fingerprint density at radius 2 is 1.63 bits per heavy atom. The summed E-state index contributed by atoms with van der Waals surface area (Å²) in [7, 11) is 0. The zero-order chi connectivity index (χ0) is 30.4. The van der Waals surface area contributed by atoms with Gasteiger partial charge in [-0.2, -0.15) is 0 Å². The molecule has 2 aliphatic carbocycles. The second-order valence-electron chi connectivity index (χ2n) is 13.8. The highest BCUT2D eigenvalue weighted by molar-refractivity contribution is 6.35. The molecule has 1 heterocycles. The van der Waals surface area contributed by atoms with E-state index in [0.29, 0.717) is 19.4 Å². The Bertz CT molecular complexity index is 1210. The molecule has 0 bridgehead atoms. The largest absolute Gasteiger partial charge is 0.475 e. The van der Waals surface area contributed by atoms with Crippen LogP contribution < -0.4 is 10.6 Å². The van der Waals surface area contributed by atoms with Crippen molar-refractivity contribution in [1.82, 2.24) is 15.5 Å². The first-order chi connectivity index (χ1) is 19.0. The quantitative estimate of drug-likeness (QED) is 0.388. The van der Waals surface area contributed by atoms with E-state index in [0.717, 1.165) is 11.1 Å². The van der Waals surface area contributed by atoms with Crippen LogP contribution in [0.5, 0.6) is 0 Å². The molecule has 3 N–H and O–H groups in total. The zero-order valence-electron chi connectivity index (χ0n) is 25.0. The van der Waals surface area contributed by atoms with Crippen molar-refractivity contribution >= 4 is 29.7 Å². The number of benzene rings is 1. The predicted molar refractivity (Wildman–Crippen MR) is 151 cm³/mol. The minimum absolute atomic E-state index is 0.0403. The molecule has 1 aliphatic heterocycles. The van der Waals surface area contributed by atoms with Gasteiger partial charge in [0, 0.05) is 6.54 Å². The molecule has 0 radical (unpaired) electrons. The first kappa shape index (κ1) is 30.5. The zero-order valence-corrected chi connectivity index (χ0v) is 25.0. The fraction of sp³-hybridized carbons (Fsp3) is 0.645. The second-order valence-corrected chi connectivity index (χ2v) is 13.8. The van der Waals surface area contributed by atoms with Crippen LogP contribution in [0.4, 0.5) is 4.79 Å². The van der Waals surface area contributed by atoms with Crippen LogP contribution in [-0.2, 0) is 36.8 Å². The number of alkyl carbamates (subject to hydrolysis) is 1. The van der Waals surface area contributed by atoms with Crippen molar-refractivity contribution in [3.05, 3.63) is 35.4 Å². The molecule has 1 aromatic rings. The van der Waals surface area contributed by atoms with Gasteiger partial charge in [-0.3, -0.25) is 14.4 Å². The van der Waals surface area contributed by atoms with E-state index < -0.39 is 47.5 Å². The van der Waals surface area contributed by atoms with Gasteiger partial charge in [-0.1, -0.05) is 52.0 Å². The van der Waals surface area contributed by atoms with Crippen LogP contribution >= 0.6 is 0 Å². The van der Waals surface area contributed by atoms with Gasteiger partial charge in [0.15, 0.2) is 0 Å². The van der Waals surface area contributed by atoms with E-state index in [2.05, 4.69) is 10.6 Å². The van der Waals surface area contributed by atoms with Gasteiger partial charge < -0.3 is 25.4 Å². The van der Waals surface area contributed by atoms with E-state index in [1.54, 1.807) is 20.8 Å². The molecular formula is C31H43N3O7. The molecule has 0 spiro atoms. The van der Waals surface area contributed by atoms with Crippen LogP contribution in [0.2, 0.25) is 0 Å². The lowest BCUT2D eigenvalue weighted by molar-refractivity contribution is -0.151. The summed E-state index contributed by atoms with van der Waals surface area (Å²) >= 11 is 0. The average molecular weight is 570 g/mol. The fourth-order valence-corrected chi connectivity index (χ4v) is 6.75. The summed E-state index contributed by atoms with van der Waals surface area (Å²) < 4.78 is 5.50. The van der Waals surface area contributed by atoms with Gasteiger partial charge in [0.1, 0.15) is 17.7 Å². The van der Waals surface area contributed by atoms with Gasteiger partial charge in [0.25, 0.3) is 5.78 Å². The molecule has 10 nitrogen and oxygen atoms in total. The number of ketones is 1. The number of likely N-dealkylation sites (tertiary alicyclic amines) is 1. The summed E-state index contributed by atoms with van der Waals surface area (Å²) in [6.07, 6.45) is 0.643. The van der Waals surface area contributed by atoms with Crippen LogP contribution in [-0.4, -0.2) is 69.9 Å². The van der Waals surface area contributed by atoms with Crippen LogP contribution in [0.1, 0.15) is 66.0 Å². The van der Waals surface area contributed by atoms with Gasteiger partial charge in [0.05, 0.1) is 6.04 Å². The summed E-state index contributed by atoms with van der Waals surface area (Å²) in [6, 6.07) is 4.91. The van der Waals surface area contributed by atoms with E-state index in [1.807, 2.05) is 52.0 Å². The Labute approximate surface area is 241 Å².